The van der Waals surface area contributed by atoms with Gasteiger partial charge < -0.3 is 0 Å². The van der Waals surface area contributed by atoms with Crippen LogP contribution in [0, 0.1) is 3.70 Å². The molecule has 0 saturated heterocycles. The summed E-state index contributed by atoms with van der Waals surface area (Å²) in [4.78, 5) is 0. The maximum Gasteiger partial charge on any atom is 0.433 e. The van der Waals surface area contributed by atoms with E-state index in [1.165, 1.54) is 7.05 Å². The number of nitrogens with zero attached hydrogens (tertiary/aromatic N) is 2. The van der Waals surface area contributed by atoms with Gasteiger partial charge in [-0.05, 0) is 22.6 Å². The molecule has 0 unspecified atom stereocenters. The molecule has 6 heteroatoms. The van der Waals surface area contributed by atoms with Crippen molar-refractivity contribution >= 4 is 28.7 Å². The second-order valence-electron chi connectivity index (χ2n) is 2.38. The molecule has 0 atom stereocenters. The monoisotopic (exact) mass is 302 g/mol. The number of aryl methyl sites for hydroxylation is 1. The van der Waals surface area contributed by atoms with Crippen LogP contribution in [0.4, 0.5) is 13.2 Å². The zero-order valence-corrected chi connectivity index (χ0v) is 8.85. The van der Waals surface area contributed by atoms with Gasteiger partial charge in [-0.3, -0.25) is 4.68 Å². The lowest BCUT2D eigenvalue weighted by Gasteiger charge is -2.07. The fraction of sp³-hybridized carbons (Fsp3) is 0.286. The largest absolute Gasteiger partial charge is 0.433 e. The number of hydrogen-bond donors (Lipinski definition) is 0. The summed E-state index contributed by atoms with van der Waals surface area (Å²) in [5.41, 5.74) is -0.720. The van der Waals surface area contributed by atoms with Gasteiger partial charge in [0.15, 0.2) is 5.69 Å². The highest BCUT2D eigenvalue weighted by Gasteiger charge is 2.37. The molecule has 0 aliphatic carbocycles. The van der Waals surface area contributed by atoms with Crippen LogP contribution in [0.15, 0.2) is 6.58 Å². The first kappa shape index (κ1) is 10.6. The van der Waals surface area contributed by atoms with Gasteiger partial charge >= 0.3 is 6.18 Å². The highest BCUT2D eigenvalue weighted by molar-refractivity contribution is 14.1. The molecular formula is C7H6F3IN2. The van der Waals surface area contributed by atoms with Crippen molar-refractivity contribution in [2.45, 2.75) is 6.18 Å². The van der Waals surface area contributed by atoms with Crippen LogP contribution in [0.25, 0.3) is 6.08 Å². The Balaban J connectivity index is 3.42. The van der Waals surface area contributed by atoms with Gasteiger partial charge in [-0.15, -0.1) is 0 Å². The van der Waals surface area contributed by atoms with E-state index in [-0.39, 0.29) is 5.56 Å². The Labute approximate surface area is 86.6 Å². The Morgan fingerprint density at radius 2 is 2.08 bits per heavy atom. The smallest absolute Gasteiger partial charge is 0.262 e. The number of halogens is 4. The molecule has 2 nitrogen and oxygen atoms in total. The van der Waals surface area contributed by atoms with Crippen LogP contribution < -0.4 is 0 Å². The molecule has 0 spiro atoms. The lowest BCUT2D eigenvalue weighted by Crippen LogP contribution is -2.13. The summed E-state index contributed by atoms with van der Waals surface area (Å²) in [6.45, 7) is 3.32. The number of aromatic nitrogens is 2. The Morgan fingerprint density at radius 3 is 2.38 bits per heavy atom. The molecule has 72 valence electrons. The molecular weight excluding hydrogens is 296 g/mol. The van der Waals surface area contributed by atoms with E-state index in [2.05, 4.69) is 11.7 Å². The fourth-order valence-corrected chi connectivity index (χ4v) is 1.82. The predicted octanol–water partition coefficient (Wildman–Crippen LogP) is 2.69. The van der Waals surface area contributed by atoms with E-state index >= 15 is 0 Å². The summed E-state index contributed by atoms with van der Waals surface area (Å²) in [7, 11) is 1.26. The maximum absolute atomic E-state index is 12.4. The van der Waals surface area contributed by atoms with Crippen LogP contribution in [0.5, 0.6) is 0 Å². The third-order valence-corrected chi connectivity index (χ3v) is 2.31. The minimum Gasteiger partial charge on any atom is -0.262 e. The first-order valence-corrected chi connectivity index (χ1v) is 4.38. The quantitative estimate of drug-likeness (QED) is 0.729. The first-order valence-electron chi connectivity index (χ1n) is 3.30. The van der Waals surface area contributed by atoms with E-state index in [1.807, 2.05) is 0 Å². The zero-order chi connectivity index (χ0) is 10.2. The third kappa shape index (κ3) is 1.87. The highest BCUT2D eigenvalue weighted by atomic mass is 127. The molecule has 1 rings (SSSR count). The lowest BCUT2D eigenvalue weighted by atomic mass is 10.2. The predicted molar refractivity (Wildman–Crippen MR) is 51.0 cm³/mol. The normalized spacial score (nSPS) is 11.8. The van der Waals surface area contributed by atoms with Crippen molar-refractivity contribution in [1.29, 1.82) is 0 Å². The Bertz CT molecular complexity index is 340. The standard InChI is InChI=1S/C7H6F3IN2/c1-3-4-5(7(8,9)10)13(2)12-6(4)11/h3H,1H2,2H3. The highest BCUT2D eigenvalue weighted by Crippen LogP contribution is 2.33. The molecule has 0 aliphatic heterocycles. The van der Waals surface area contributed by atoms with Crippen molar-refractivity contribution in [3.8, 4) is 0 Å². The van der Waals surface area contributed by atoms with E-state index in [9.17, 15) is 13.2 Å². The van der Waals surface area contributed by atoms with Crippen molar-refractivity contribution in [3.63, 3.8) is 0 Å². The van der Waals surface area contributed by atoms with Crippen LogP contribution in [0.3, 0.4) is 0 Å². The lowest BCUT2D eigenvalue weighted by molar-refractivity contribution is -0.143. The summed E-state index contributed by atoms with van der Waals surface area (Å²) >= 11 is 1.74. The van der Waals surface area contributed by atoms with Crippen LogP contribution >= 0.6 is 22.6 Å². The first-order chi connectivity index (χ1) is 5.88. The van der Waals surface area contributed by atoms with E-state index in [1.54, 1.807) is 22.6 Å². The van der Waals surface area contributed by atoms with Gasteiger partial charge in [0.05, 0.1) is 0 Å². The minimum absolute atomic E-state index is 0.0376. The molecule has 0 fully saturated rings. The summed E-state index contributed by atoms with van der Waals surface area (Å²) in [6.07, 6.45) is -3.22. The van der Waals surface area contributed by atoms with Gasteiger partial charge in [-0.1, -0.05) is 12.7 Å². The Morgan fingerprint density at radius 1 is 1.54 bits per heavy atom. The molecule has 0 aromatic carbocycles. The minimum atomic E-state index is -4.38. The Hall–Kier alpha value is -0.530. The third-order valence-electron chi connectivity index (χ3n) is 1.51. The van der Waals surface area contributed by atoms with E-state index in [0.29, 0.717) is 3.70 Å². The zero-order valence-electron chi connectivity index (χ0n) is 6.69. The molecule has 13 heavy (non-hydrogen) atoms. The van der Waals surface area contributed by atoms with Gasteiger partial charge in [0, 0.05) is 12.6 Å². The molecule has 0 bridgehead atoms. The van der Waals surface area contributed by atoms with Gasteiger partial charge in [-0.25, -0.2) is 0 Å². The van der Waals surface area contributed by atoms with Gasteiger partial charge in [0.1, 0.15) is 3.70 Å². The summed E-state index contributed by atoms with van der Waals surface area (Å²) in [5, 5.41) is 3.66. The molecule has 1 aromatic heterocycles. The Kier molecular flexibility index (Phi) is 2.69. The summed E-state index contributed by atoms with van der Waals surface area (Å²) < 4.78 is 38.3. The molecule has 0 radical (unpaired) electrons. The van der Waals surface area contributed by atoms with Crippen molar-refractivity contribution < 1.29 is 13.2 Å². The average molecular weight is 302 g/mol. The van der Waals surface area contributed by atoms with E-state index in [4.69, 9.17) is 0 Å². The van der Waals surface area contributed by atoms with Gasteiger partial charge in [0.2, 0.25) is 0 Å². The summed E-state index contributed by atoms with van der Waals surface area (Å²) in [6, 6.07) is 0. The fourth-order valence-electron chi connectivity index (χ4n) is 1.02. The molecule has 1 aromatic rings. The van der Waals surface area contributed by atoms with Gasteiger partial charge in [0.25, 0.3) is 0 Å². The van der Waals surface area contributed by atoms with Crippen LogP contribution in [0.1, 0.15) is 11.3 Å². The summed E-state index contributed by atoms with van der Waals surface area (Å²) in [5.74, 6) is 0. The van der Waals surface area contributed by atoms with Crippen LogP contribution in [-0.4, -0.2) is 9.78 Å². The van der Waals surface area contributed by atoms with Crippen LogP contribution in [-0.2, 0) is 13.2 Å². The van der Waals surface area contributed by atoms with Crippen molar-refractivity contribution in [2.75, 3.05) is 0 Å². The number of alkyl halides is 3. The average Bonchev–Trinajstić information content (AvgIpc) is 2.23. The molecule has 1 heterocycles. The molecule has 0 amide bonds. The van der Waals surface area contributed by atoms with Crippen molar-refractivity contribution in [2.24, 2.45) is 7.05 Å². The van der Waals surface area contributed by atoms with Gasteiger partial charge in [-0.2, -0.15) is 18.3 Å². The topological polar surface area (TPSA) is 17.8 Å². The SMILES string of the molecule is C=Cc1c(I)nn(C)c1C(F)(F)F. The van der Waals surface area contributed by atoms with Crippen molar-refractivity contribution in [3.05, 3.63) is 21.5 Å². The second-order valence-corrected chi connectivity index (χ2v) is 3.40. The molecule has 0 N–H and O–H groups in total. The number of rotatable bonds is 1. The van der Waals surface area contributed by atoms with E-state index in [0.717, 1.165) is 10.8 Å². The number of hydrogen-bond acceptors (Lipinski definition) is 1. The molecule has 0 saturated carbocycles. The van der Waals surface area contributed by atoms with E-state index < -0.39 is 11.9 Å². The molecule has 0 aliphatic rings. The van der Waals surface area contributed by atoms with Crippen molar-refractivity contribution in [1.82, 2.24) is 9.78 Å². The van der Waals surface area contributed by atoms with Crippen LogP contribution in [0.2, 0.25) is 0 Å². The second kappa shape index (κ2) is 3.32. The maximum atomic E-state index is 12.4.